The number of halogens is 1. The Bertz CT molecular complexity index is 321. The first kappa shape index (κ1) is 8.63. The van der Waals surface area contributed by atoms with E-state index in [1.807, 2.05) is 6.92 Å². The van der Waals surface area contributed by atoms with Gasteiger partial charge >= 0.3 is 0 Å². The lowest BCUT2D eigenvalue weighted by Crippen LogP contribution is -2.14. The SMILES string of the molecule is Cc1cc(F)ncc1[C@@H](N)C1CC1. The highest BCUT2D eigenvalue weighted by atomic mass is 19.1. The number of aryl methyl sites for hydroxylation is 1. The van der Waals surface area contributed by atoms with Gasteiger partial charge in [0.25, 0.3) is 0 Å². The zero-order valence-corrected chi connectivity index (χ0v) is 7.63. The zero-order chi connectivity index (χ0) is 9.42. The summed E-state index contributed by atoms with van der Waals surface area (Å²) < 4.78 is 12.7. The van der Waals surface area contributed by atoms with Crippen molar-refractivity contribution in [1.29, 1.82) is 0 Å². The molecule has 1 heterocycles. The summed E-state index contributed by atoms with van der Waals surface area (Å²) in [6.45, 7) is 1.88. The van der Waals surface area contributed by atoms with Crippen molar-refractivity contribution < 1.29 is 4.39 Å². The molecule has 1 atom stereocenters. The first-order valence-corrected chi connectivity index (χ1v) is 4.56. The normalized spacial score (nSPS) is 18.7. The Kier molecular flexibility index (Phi) is 2.04. The van der Waals surface area contributed by atoms with E-state index in [9.17, 15) is 4.39 Å². The molecule has 0 aromatic carbocycles. The third-order valence-electron chi connectivity index (χ3n) is 2.61. The van der Waals surface area contributed by atoms with Crippen molar-refractivity contribution in [2.75, 3.05) is 0 Å². The molecule has 0 spiro atoms. The number of aromatic nitrogens is 1. The van der Waals surface area contributed by atoms with Crippen molar-refractivity contribution in [3.8, 4) is 0 Å². The van der Waals surface area contributed by atoms with E-state index in [1.165, 1.54) is 18.9 Å². The topological polar surface area (TPSA) is 38.9 Å². The number of pyridine rings is 1. The van der Waals surface area contributed by atoms with Gasteiger partial charge in [-0.1, -0.05) is 0 Å². The van der Waals surface area contributed by atoms with Crippen LogP contribution >= 0.6 is 0 Å². The fourth-order valence-corrected chi connectivity index (χ4v) is 1.59. The number of nitrogens with zero attached hydrogens (tertiary/aromatic N) is 1. The summed E-state index contributed by atoms with van der Waals surface area (Å²) in [6.07, 6.45) is 3.95. The summed E-state index contributed by atoms with van der Waals surface area (Å²) in [5.41, 5.74) is 7.89. The molecule has 0 radical (unpaired) electrons. The smallest absolute Gasteiger partial charge is 0.213 e. The number of hydrogen-bond donors (Lipinski definition) is 1. The van der Waals surface area contributed by atoms with Gasteiger partial charge in [0.05, 0.1) is 0 Å². The van der Waals surface area contributed by atoms with E-state index < -0.39 is 5.95 Å². The molecule has 70 valence electrons. The molecule has 1 aromatic heterocycles. The van der Waals surface area contributed by atoms with E-state index in [0.29, 0.717) is 5.92 Å². The number of hydrogen-bond acceptors (Lipinski definition) is 2. The molecule has 0 aliphatic heterocycles. The van der Waals surface area contributed by atoms with Crippen LogP contribution in [0.1, 0.15) is 30.0 Å². The predicted molar refractivity (Wildman–Crippen MR) is 48.6 cm³/mol. The van der Waals surface area contributed by atoms with Crippen molar-refractivity contribution in [1.82, 2.24) is 4.98 Å². The highest BCUT2D eigenvalue weighted by molar-refractivity contribution is 5.26. The standard InChI is InChI=1S/C10H13FN2/c1-6-4-9(11)13-5-8(6)10(12)7-2-3-7/h4-5,7,10H,2-3,12H2,1H3/t10-/m0/s1. The Hall–Kier alpha value is -0.960. The molecule has 3 heteroatoms. The third kappa shape index (κ3) is 1.70. The first-order chi connectivity index (χ1) is 6.18. The van der Waals surface area contributed by atoms with Crippen molar-refractivity contribution in [3.63, 3.8) is 0 Å². The molecule has 0 amide bonds. The van der Waals surface area contributed by atoms with Gasteiger partial charge in [0.2, 0.25) is 5.95 Å². The summed E-state index contributed by atoms with van der Waals surface area (Å²) in [7, 11) is 0. The maximum Gasteiger partial charge on any atom is 0.213 e. The number of rotatable bonds is 2. The van der Waals surface area contributed by atoms with E-state index >= 15 is 0 Å². The Balaban J connectivity index is 2.28. The van der Waals surface area contributed by atoms with Gasteiger partial charge in [-0.15, -0.1) is 0 Å². The lowest BCUT2D eigenvalue weighted by Gasteiger charge is -2.12. The zero-order valence-electron chi connectivity index (χ0n) is 7.63. The van der Waals surface area contributed by atoms with Crippen molar-refractivity contribution in [2.24, 2.45) is 11.7 Å². The molecule has 0 unspecified atom stereocenters. The molecule has 0 saturated heterocycles. The van der Waals surface area contributed by atoms with Gasteiger partial charge in [-0.2, -0.15) is 4.39 Å². The van der Waals surface area contributed by atoms with Crippen LogP contribution in [0, 0.1) is 18.8 Å². The molecule has 13 heavy (non-hydrogen) atoms. The minimum atomic E-state index is -0.427. The Morgan fingerprint density at radius 3 is 2.85 bits per heavy atom. The lowest BCUT2D eigenvalue weighted by atomic mass is 10.0. The van der Waals surface area contributed by atoms with Crippen LogP contribution in [0.3, 0.4) is 0 Å². The quantitative estimate of drug-likeness (QED) is 0.706. The van der Waals surface area contributed by atoms with Crippen LogP contribution in [0.4, 0.5) is 4.39 Å². The molecule has 0 bridgehead atoms. The summed E-state index contributed by atoms with van der Waals surface area (Å²) in [5.74, 6) is 0.162. The second-order valence-corrected chi connectivity index (χ2v) is 3.73. The van der Waals surface area contributed by atoms with Gasteiger partial charge < -0.3 is 5.73 Å². The summed E-state index contributed by atoms with van der Waals surface area (Å²) in [5, 5.41) is 0. The van der Waals surface area contributed by atoms with Crippen LogP contribution in [-0.2, 0) is 0 Å². The maximum atomic E-state index is 12.7. The van der Waals surface area contributed by atoms with E-state index in [2.05, 4.69) is 4.98 Å². The highest BCUT2D eigenvalue weighted by Crippen LogP contribution is 2.39. The maximum absolute atomic E-state index is 12.7. The fraction of sp³-hybridized carbons (Fsp3) is 0.500. The van der Waals surface area contributed by atoms with Crippen LogP contribution in [0.5, 0.6) is 0 Å². The van der Waals surface area contributed by atoms with Crippen LogP contribution in [0.2, 0.25) is 0 Å². The Morgan fingerprint density at radius 2 is 2.31 bits per heavy atom. The molecule has 2 rings (SSSR count). The minimum Gasteiger partial charge on any atom is -0.324 e. The summed E-state index contributed by atoms with van der Waals surface area (Å²) in [4.78, 5) is 3.62. The van der Waals surface area contributed by atoms with Gasteiger partial charge in [0, 0.05) is 12.2 Å². The Morgan fingerprint density at radius 1 is 1.62 bits per heavy atom. The van der Waals surface area contributed by atoms with E-state index in [1.54, 1.807) is 6.20 Å². The van der Waals surface area contributed by atoms with Crippen molar-refractivity contribution in [2.45, 2.75) is 25.8 Å². The second kappa shape index (κ2) is 3.07. The largest absolute Gasteiger partial charge is 0.324 e. The minimum absolute atomic E-state index is 0.0492. The highest BCUT2D eigenvalue weighted by Gasteiger charge is 2.30. The second-order valence-electron chi connectivity index (χ2n) is 3.73. The fourth-order valence-electron chi connectivity index (χ4n) is 1.59. The third-order valence-corrected chi connectivity index (χ3v) is 2.61. The molecule has 2 nitrogen and oxygen atoms in total. The number of nitrogens with two attached hydrogens (primary N) is 1. The van der Waals surface area contributed by atoms with E-state index in [-0.39, 0.29) is 6.04 Å². The molecule has 1 saturated carbocycles. The van der Waals surface area contributed by atoms with Gasteiger partial charge in [-0.3, -0.25) is 0 Å². The van der Waals surface area contributed by atoms with Crippen molar-refractivity contribution >= 4 is 0 Å². The predicted octanol–water partition coefficient (Wildman–Crippen LogP) is 1.94. The van der Waals surface area contributed by atoms with Gasteiger partial charge in [0.1, 0.15) is 0 Å². The van der Waals surface area contributed by atoms with Gasteiger partial charge in [-0.25, -0.2) is 4.98 Å². The summed E-state index contributed by atoms with van der Waals surface area (Å²) >= 11 is 0. The molecule has 2 N–H and O–H groups in total. The summed E-state index contributed by atoms with van der Waals surface area (Å²) in [6, 6.07) is 1.49. The van der Waals surface area contributed by atoms with E-state index in [4.69, 9.17) is 5.73 Å². The molecular formula is C10H13FN2. The lowest BCUT2D eigenvalue weighted by molar-refractivity contribution is 0.570. The van der Waals surface area contributed by atoms with Crippen LogP contribution < -0.4 is 5.73 Å². The Labute approximate surface area is 77.0 Å². The molecule has 1 fully saturated rings. The van der Waals surface area contributed by atoms with Crippen LogP contribution in [0.25, 0.3) is 0 Å². The first-order valence-electron chi connectivity index (χ1n) is 4.56. The van der Waals surface area contributed by atoms with Gasteiger partial charge in [-0.05, 0) is 42.9 Å². The monoisotopic (exact) mass is 180 g/mol. The van der Waals surface area contributed by atoms with Gasteiger partial charge in [0.15, 0.2) is 0 Å². The van der Waals surface area contributed by atoms with Crippen LogP contribution in [-0.4, -0.2) is 4.98 Å². The van der Waals surface area contributed by atoms with Crippen molar-refractivity contribution in [3.05, 3.63) is 29.3 Å². The average Bonchev–Trinajstić information content (AvgIpc) is 2.85. The van der Waals surface area contributed by atoms with E-state index in [0.717, 1.165) is 11.1 Å². The van der Waals surface area contributed by atoms with Crippen LogP contribution in [0.15, 0.2) is 12.3 Å². The average molecular weight is 180 g/mol. The molecule has 1 aliphatic carbocycles. The molecular weight excluding hydrogens is 167 g/mol. The molecule has 1 aliphatic rings. The molecule has 1 aromatic rings.